The second kappa shape index (κ2) is 4.68. The number of hydrogen-bond donors (Lipinski definition) is 1. The number of hydrogen-bond acceptors (Lipinski definition) is 6. The zero-order chi connectivity index (χ0) is 12.4. The van der Waals surface area contributed by atoms with E-state index in [0.29, 0.717) is 10.9 Å². The van der Waals surface area contributed by atoms with Crippen molar-refractivity contribution >= 4 is 23.3 Å². The van der Waals surface area contributed by atoms with E-state index in [2.05, 4.69) is 4.72 Å². The lowest BCUT2D eigenvalue weighted by molar-refractivity contribution is -0.396. The normalized spacial score (nSPS) is 14.6. The highest BCUT2D eigenvalue weighted by Gasteiger charge is 2.24. The Kier molecular flexibility index (Phi) is 3.25. The fourth-order valence-electron chi connectivity index (χ4n) is 1.20. The molecule has 0 unspecified atom stereocenters. The molecule has 1 N–H and O–H groups in total. The van der Waals surface area contributed by atoms with Gasteiger partial charge >= 0.3 is 0 Å². The number of nitrogens with zero attached hydrogens (tertiary/aromatic N) is 2. The van der Waals surface area contributed by atoms with Crippen LogP contribution in [-0.4, -0.2) is 15.9 Å². The molecule has 0 aliphatic heterocycles. The quantitative estimate of drug-likeness (QED) is 0.492. The van der Waals surface area contributed by atoms with Crippen LogP contribution in [0.5, 0.6) is 0 Å². The monoisotopic (exact) mass is 255 g/mol. The number of nitro benzene ring substituents is 2. The van der Waals surface area contributed by atoms with Gasteiger partial charge in [-0.15, -0.1) is 0 Å². The van der Waals surface area contributed by atoms with Crippen molar-refractivity contribution in [3.63, 3.8) is 0 Å². The number of non-ortho nitro benzene ring substituents is 1. The Hall–Kier alpha value is -1.67. The Labute approximate surface area is 101 Å². The van der Waals surface area contributed by atoms with E-state index in [1.165, 1.54) is 12.1 Å². The molecule has 1 aliphatic carbocycles. The van der Waals surface area contributed by atoms with E-state index >= 15 is 0 Å². The molecule has 0 spiro atoms. The van der Waals surface area contributed by atoms with Crippen molar-refractivity contribution < 1.29 is 9.85 Å². The number of benzene rings is 1. The first-order chi connectivity index (χ1) is 8.08. The lowest BCUT2D eigenvalue weighted by Crippen LogP contribution is -2.06. The highest BCUT2D eigenvalue weighted by atomic mass is 32.2. The Bertz CT molecular complexity index is 475. The summed E-state index contributed by atoms with van der Waals surface area (Å²) in [5.41, 5.74) is -0.509. The summed E-state index contributed by atoms with van der Waals surface area (Å²) in [5, 5.41) is 21.3. The van der Waals surface area contributed by atoms with Crippen LogP contribution in [0, 0.1) is 20.2 Å². The lowest BCUT2D eigenvalue weighted by atomic mass is 10.3. The van der Waals surface area contributed by atoms with Crippen molar-refractivity contribution in [3.05, 3.63) is 38.4 Å². The molecule has 8 heteroatoms. The Balaban J connectivity index is 2.23. The van der Waals surface area contributed by atoms with Gasteiger partial charge in [0.05, 0.1) is 15.9 Å². The summed E-state index contributed by atoms with van der Waals surface area (Å²) < 4.78 is 3.06. The van der Waals surface area contributed by atoms with Gasteiger partial charge in [-0.3, -0.25) is 25.0 Å². The van der Waals surface area contributed by atoms with Crippen LogP contribution >= 0.6 is 11.9 Å². The van der Waals surface area contributed by atoms with Crippen LogP contribution in [-0.2, 0) is 0 Å². The third-order valence-electron chi connectivity index (χ3n) is 2.26. The highest BCUT2D eigenvalue weighted by Crippen LogP contribution is 2.33. The van der Waals surface area contributed by atoms with Gasteiger partial charge in [0.1, 0.15) is 4.90 Å². The molecule has 2 rings (SSSR count). The van der Waals surface area contributed by atoms with Gasteiger partial charge in [0.2, 0.25) is 0 Å². The smallest absolute Gasteiger partial charge is 0.258 e. The lowest BCUT2D eigenvalue weighted by Gasteiger charge is -2.02. The minimum atomic E-state index is -0.643. The topological polar surface area (TPSA) is 98.3 Å². The number of rotatable bonds is 5. The first-order valence-electron chi connectivity index (χ1n) is 4.93. The molecule has 0 heterocycles. The van der Waals surface area contributed by atoms with E-state index in [-0.39, 0.29) is 11.4 Å². The van der Waals surface area contributed by atoms with E-state index in [1.807, 2.05) is 0 Å². The zero-order valence-electron chi connectivity index (χ0n) is 8.66. The van der Waals surface area contributed by atoms with Crippen LogP contribution in [0.15, 0.2) is 23.1 Å². The molecule has 1 aliphatic rings. The molecule has 1 aromatic carbocycles. The van der Waals surface area contributed by atoms with Crippen LogP contribution in [0.1, 0.15) is 12.8 Å². The van der Waals surface area contributed by atoms with Gasteiger partial charge in [0.15, 0.2) is 0 Å². The van der Waals surface area contributed by atoms with Gasteiger partial charge in [-0.1, -0.05) is 0 Å². The third kappa shape index (κ3) is 2.92. The first kappa shape index (κ1) is 11.8. The molecule has 0 bridgehead atoms. The van der Waals surface area contributed by atoms with Crippen molar-refractivity contribution in [3.8, 4) is 0 Å². The molecule has 0 aromatic heterocycles. The maximum absolute atomic E-state index is 10.8. The van der Waals surface area contributed by atoms with E-state index in [4.69, 9.17) is 0 Å². The van der Waals surface area contributed by atoms with Crippen LogP contribution in [0.3, 0.4) is 0 Å². The van der Waals surface area contributed by atoms with Crippen LogP contribution in [0.4, 0.5) is 11.4 Å². The fraction of sp³-hybridized carbons (Fsp3) is 0.333. The van der Waals surface area contributed by atoms with Crippen LogP contribution < -0.4 is 4.72 Å². The van der Waals surface area contributed by atoms with Crippen LogP contribution in [0.25, 0.3) is 0 Å². The molecule has 17 heavy (non-hydrogen) atoms. The van der Waals surface area contributed by atoms with Crippen molar-refractivity contribution in [2.24, 2.45) is 0 Å². The van der Waals surface area contributed by atoms with Crippen LogP contribution in [0.2, 0.25) is 0 Å². The Morgan fingerprint density at radius 2 is 1.94 bits per heavy atom. The van der Waals surface area contributed by atoms with E-state index < -0.39 is 9.85 Å². The van der Waals surface area contributed by atoms with Gasteiger partial charge in [-0.05, 0) is 30.9 Å². The summed E-state index contributed by atoms with van der Waals surface area (Å²) in [6.07, 6.45) is 2.13. The second-order valence-electron chi connectivity index (χ2n) is 3.66. The van der Waals surface area contributed by atoms with E-state index in [0.717, 1.165) is 30.9 Å². The summed E-state index contributed by atoms with van der Waals surface area (Å²) in [6, 6.07) is 4.05. The van der Waals surface area contributed by atoms with Crippen molar-refractivity contribution in [1.82, 2.24) is 4.72 Å². The summed E-state index contributed by atoms with van der Waals surface area (Å²) in [7, 11) is 0. The molecule has 90 valence electrons. The van der Waals surface area contributed by atoms with Gasteiger partial charge in [0.25, 0.3) is 11.4 Å². The molecule has 7 nitrogen and oxygen atoms in total. The molecule has 0 amide bonds. The summed E-state index contributed by atoms with van der Waals surface area (Å²) in [6.45, 7) is 0. The number of nitrogens with one attached hydrogen (secondary N) is 1. The summed E-state index contributed by atoms with van der Waals surface area (Å²) in [5.74, 6) is 0. The maximum Gasteiger partial charge on any atom is 0.291 e. The van der Waals surface area contributed by atoms with E-state index in [9.17, 15) is 20.2 Å². The van der Waals surface area contributed by atoms with E-state index in [1.54, 1.807) is 0 Å². The minimum absolute atomic E-state index is 0.239. The first-order valence-corrected chi connectivity index (χ1v) is 5.75. The average Bonchev–Trinajstić information content (AvgIpc) is 3.09. The van der Waals surface area contributed by atoms with Crippen molar-refractivity contribution in [2.75, 3.05) is 0 Å². The summed E-state index contributed by atoms with van der Waals surface area (Å²) in [4.78, 5) is 20.5. The predicted octanol–water partition coefficient (Wildman–Crippen LogP) is 2.26. The van der Waals surface area contributed by atoms with Crippen molar-refractivity contribution in [2.45, 2.75) is 23.8 Å². The molecular weight excluding hydrogens is 246 g/mol. The fourth-order valence-corrected chi connectivity index (χ4v) is 2.10. The zero-order valence-corrected chi connectivity index (χ0v) is 9.48. The average molecular weight is 255 g/mol. The van der Waals surface area contributed by atoms with Gasteiger partial charge in [-0.25, -0.2) is 0 Å². The third-order valence-corrected chi connectivity index (χ3v) is 3.28. The van der Waals surface area contributed by atoms with Gasteiger partial charge < -0.3 is 0 Å². The molecule has 0 atom stereocenters. The minimum Gasteiger partial charge on any atom is -0.258 e. The molecule has 1 fully saturated rings. The second-order valence-corrected chi connectivity index (χ2v) is 4.54. The van der Waals surface area contributed by atoms with Gasteiger partial charge in [-0.2, -0.15) is 0 Å². The maximum atomic E-state index is 10.8. The molecular formula is C9H9N3O4S. The number of nitro groups is 2. The Morgan fingerprint density at radius 3 is 2.47 bits per heavy atom. The SMILES string of the molecule is O=[N+]([O-])c1ccc(SNC2CC2)c([N+](=O)[O-])c1. The largest absolute Gasteiger partial charge is 0.291 e. The standard InChI is InChI=1S/C9H9N3O4S/c13-11(14)7-3-4-9(8(5-7)12(15)16)17-10-6-1-2-6/h3-6,10H,1-2H2. The molecule has 1 saturated carbocycles. The van der Waals surface area contributed by atoms with Crippen molar-refractivity contribution in [1.29, 1.82) is 0 Å². The molecule has 1 aromatic rings. The molecule has 0 saturated heterocycles. The van der Waals surface area contributed by atoms with Gasteiger partial charge in [0, 0.05) is 12.1 Å². The summed E-state index contributed by atoms with van der Waals surface area (Å²) >= 11 is 1.15. The highest BCUT2D eigenvalue weighted by molar-refractivity contribution is 7.97. The predicted molar refractivity (Wildman–Crippen MR) is 61.8 cm³/mol. The molecule has 0 radical (unpaired) electrons. The Morgan fingerprint density at radius 1 is 1.24 bits per heavy atom.